The second-order valence-corrected chi connectivity index (χ2v) is 7.06. The molecule has 2 N–H and O–H groups in total. The molecule has 0 saturated carbocycles. The molecule has 3 rings (SSSR count). The van der Waals surface area contributed by atoms with Crippen LogP contribution in [-0.4, -0.2) is 25.0 Å². The van der Waals surface area contributed by atoms with Gasteiger partial charge in [-0.3, -0.25) is 4.79 Å². The number of carbonyl (C=O) groups is 1. The van der Waals surface area contributed by atoms with Gasteiger partial charge in [-0.05, 0) is 48.8 Å². The topological polar surface area (TPSA) is 33.5 Å². The van der Waals surface area contributed by atoms with Crippen LogP contribution in [0.25, 0.3) is 5.57 Å². The Hall–Kier alpha value is -2.10. The highest BCUT2D eigenvalue weighted by molar-refractivity contribution is 6.31. The molecule has 0 aliphatic carbocycles. The number of carbonyl (C=O) groups excluding carboxylic acids is 1. The fraction of sp³-hybridized carbons (Fsp3) is 0.286. The minimum absolute atomic E-state index is 0.0388. The van der Waals surface area contributed by atoms with Gasteiger partial charge in [0, 0.05) is 17.1 Å². The molecule has 3 nitrogen and oxygen atoms in total. The molecule has 0 radical (unpaired) electrons. The van der Waals surface area contributed by atoms with E-state index in [1.807, 2.05) is 32.0 Å². The maximum atomic E-state index is 12.6. The van der Waals surface area contributed by atoms with E-state index in [2.05, 4.69) is 35.7 Å². The van der Waals surface area contributed by atoms with E-state index in [0.29, 0.717) is 5.02 Å². The van der Waals surface area contributed by atoms with Gasteiger partial charge in [-0.15, -0.1) is 0 Å². The van der Waals surface area contributed by atoms with Crippen molar-refractivity contribution in [3.8, 4) is 0 Å². The lowest BCUT2D eigenvalue weighted by atomic mass is 9.99. The highest BCUT2D eigenvalue weighted by Gasteiger charge is 2.27. The summed E-state index contributed by atoms with van der Waals surface area (Å²) < 4.78 is 0. The summed E-state index contributed by atoms with van der Waals surface area (Å²) >= 11 is 6.04. The molecule has 1 aliphatic rings. The number of halogens is 1. The molecule has 2 aromatic rings. The van der Waals surface area contributed by atoms with Gasteiger partial charge >= 0.3 is 0 Å². The van der Waals surface area contributed by atoms with Crippen LogP contribution in [0.5, 0.6) is 0 Å². The van der Waals surface area contributed by atoms with E-state index in [4.69, 9.17) is 11.6 Å². The summed E-state index contributed by atoms with van der Waals surface area (Å²) in [5.41, 5.74) is 4.47. The zero-order valence-electron chi connectivity index (χ0n) is 14.7. The molecule has 4 heteroatoms. The van der Waals surface area contributed by atoms with Gasteiger partial charge in [0.1, 0.15) is 0 Å². The van der Waals surface area contributed by atoms with Crippen LogP contribution in [0.4, 0.5) is 5.69 Å². The largest absolute Gasteiger partial charge is 0.321 e. The molecule has 1 amide bonds. The summed E-state index contributed by atoms with van der Waals surface area (Å²) in [4.78, 5) is 13.9. The van der Waals surface area contributed by atoms with Gasteiger partial charge in [0.15, 0.2) is 6.04 Å². The summed E-state index contributed by atoms with van der Waals surface area (Å²) in [6.45, 7) is 5.79. The molecule has 25 heavy (non-hydrogen) atoms. The fourth-order valence-electron chi connectivity index (χ4n) is 3.22. The van der Waals surface area contributed by atoms with E-state index in [9.17, 15) is 4.79 Å². The summed E-state index contributed by atoms with van der Waals surface area (Å²) in [5, 5.41) is 3.66. The van der Waals surface area contributed by atoms with Gasteiger partial charge in [-0.1, -0.05) is 48.0 Å². The quantitative estimate of drug-likeness (QED) is 0.866. The molecular formula is C21H24ClN2O+. The lowest BCUT2D eigenvalue weighted by molar-refractivity contribution is -0.909. The molecule has 2 aromatic carbocycles. The molecule has 1 unspecified atom stereocenters. The third-order valence-electron chi connectivity index (χ3n) is 4.93. The first-order chi connectivity index (χ1) is 12.0. The van der Waals surface area contributed by atoms with Gasteiger partial charge in [-0.25, -0.2) is 0 Å². The molecule has 0 saturated heterocycles. The van der Waals surface area contributed by atoms with E-state index in [-0.39, 0.29) is 11.9 Å². The highest BCUT2D eigenvalue weighted by Crippen LogP contribution is 2.20. The monoisotopic (exact) mass is 355 g/mol. The number of amides is 1. The molecule has 1 aliphatic heterocycles. The Morgan fingerprint density at radius 1 is 1.20 bits per heavy atom. The van der Waals surface area contributed by atoms with Crippen LogP contribution in [0.2, 0.25) is 5.02 Å². The van der Waals surface area contributed by atoms with E-state index in [1.165, 1.54) is 16.0 Å². The molecule has 0 fully saturated rings. The zero-order chi connectivity index (χ0) is 17.8. The standard InChI is InChI=1S/C21H23ClN2O/c1-15-8-9-19(22)14-20(15)23-21(25)16(2)24-12-10-18(11-13-24)17-6-4-3-5-7-17/h3-10,14,16H,11-13H2,1-2H3,(H,23,25)/p+1/t16-/m1/s1. The normalized spacial score (nSPS) is 18.4. The molecule has 1 heterocycles. The van der Waals surface area contributed by atoms with Crippen LogP contribution >= 0.6 is 11.6 Å². The molecule has 0 aromatic heterocycles. The minimum atomic E-state index is -0.105. The summed E-state index contributed by atoms with van der Waals surface area (Å²) in [6.07, 6.45) is 3.26. The number of anilines is 1. The maximum absolute atomic E-state index is 12.6. The average Bonchev–Trinajstić information content (AvgIpc) is 2.65. The van der Waals surface area contributed by atoms with Gasteiger partial charge in [0.25, 0.3) is 5.91 Å². The summed E-state index contributed by atoms with van der Waals surface area (Å²) in [7, 11) is 0. The van der Waals surface area contributed by atoms with Crippen molar-refractivity contribution < 1.29 is 9.69 Å². The van der Waals surface area contributed by atoms with Gasteiger partial charge in [0.05, 0.1) is 13.1 Å². The van der Waals surface area contributed by atoms with Gasteiger partial charge in [0.2, 0.25) is 0 Å². The van der Waals surface area contributed by atoms with Crippen molar-refractivity contribution in [2.75, 3.05) is 18.4 Å². The third-order valence-corrected chi connectivity index (χ3v) is 5.17. The van der Waals surface area contributed by atoms with Crippen molar-refractivity contribution in [3.63, 3.8) is 0 Å². The van der Waals surface area contributed by atoms with Crippen molar-refractivity contribution >= 4 is 28.8 Å². The number of hydrogen-bond donors (Lipinski definition) is 2. The third kappa shape index (κ3) is 4.30. The van der Waals surface area contributed by atoms with Crippen LogP contribution in [0, 0.1) is 6.92 Å². The Morgan fingerprint density at radius 3 is 2.64 bits per heavy atom. The minimum Gasteiger partial charge on any atom is -0.321 e. The SMILES string of the molecule is Cc1ccc(Cl)cc1NC(=O)[C@@H](C)[NH+]1CC=C(c2ccccc2)CC1. The van der Waals surface area contributed by atoms with Crippen molar-refractivity contribution in [2.24, 2.45) is 0 Å². The molecular weight excluding hydrogens is 332 g/mol. The summed E-state index contributed by atoms with van der Waals surface area (Å²) in [5.74, 6) is 0.0388. The van der Waals surface area contributed by atoms with Crippen molar-refractivity contribution in [1.29, 1.82) is 0 Å². The van der Waals surface area contributed by atoms with E-state index in [1.54, 1.807) is 6.07 Å². The molecule has 0 spiro atoms. The average molecular weight is 356 g/mol. The Balaban J connectivity index is 1.64. The van der Waals surface area contributed by atoms with Crippen molar-refractivity contribution in [3.05, 3.63) is 70.8 Å². The number of aryl methyl sites for hydroxylation is 1. The zero-order valence-corrected chi connectivity index (χ0v) is 15.4. The van der Waals surface area contributed by atoms with Crippen LogP contribution in [0.1, 0.15) is 24.5 Å². The van der Waals surface area contributed by atoms with Crippen LogP contribution < -0.4 is 10.2 Å². The Labute approximate surface area is 154 Å². The number of quaternary nitrogens is 1. The van der Waals surface area contributed by atoms with Crippen LogP contribution in [0.15, 0.2) is 54.6 Å². The van der Waals surface area contributed by atoms with Gasteiger partial charge < -0.3 is 10.2 Å². The lowest BCUT2D eigenvalue weighted by Crippen LogP contribution is -3.17. The first-order valence-electron chi connectivity index (χ1n) is 8.70. The van der Waals surface area contributed by atoms with Crippen molar-refractivity contribution in [1.82, 2.24) is 0 Å². The van der Waals surface area contributed by atoms with Crippen LogP contribution in [0.3, 0.4) is 0 Å². The maximum Gasteiger partial charge on any atom is 0.282 e. The number of nitrogens with one attached hydrogen (secondary N) is 2. The predicted molar refractivity (Wildman–Crippen MR) is 104 cm³/mol. The van der Waals surface area contributed by atoms with E-state index >= 15 is 0 Å². The number of hydrogen-bond acceptors (Lipinski definition) is 1. The Morgan fingerprint density at radius 2 is 1.96 bits per heavy atom. The van der Waals surface area contributed by atoms with E-state index in [0.717, 1.165) is 30.8 Å². The Bertz CT molecular complexity index is 786. The Kier molecular flexibility index (Phi) is 5.57. The first-order valence-corrected chi connectivity index (χ1v) is 9.08. The second kappa shape index (κ2) is 7.85. The van der Waals surface area contributed by atoms with E-state index < -0.39 is 0 Å². The smallest absolute Gasteiger partial charge is 0.282 e. The molecule has 2 atom stereocenters. The first kappa shape index (κ1) is 17.7. The predicted octanol–water partition coefficient (Wildman–Crippen LogP) is 3.35. The molecule has 0 bridgehead atoms. The fourth-order valence-corrected chi connectivity index (χ4v) is 3.39. The summed E-state index contributed by atoms with van der Waals surface area (Å²) in [6, 6.07) is 15.9. The number of rotatable bonds is 4. The van der Waals surface area contributed by atoms with Crippen LogP contribution in [-0.2, 0) is 4.79 Å². The van der Waals surface area contributed by atoms with Crippen molar-refractivity contribution in [2.45, 2.75) is 26.3 Å². The highest BCUT2D eigenvalue weighted by atomic mass is 35.5. The molecule has 130 valence electrons. The number of benzene rings is 2. The lowest BCUT2D eigenvalue weighted by Gasteiger charge is -2.28. The van der Waals surface area contributed by atoms with Gasteiger partial charge in [-0.2, -0.15) is 0 Å². The second-order valence-electron chi connectivity index (χ2n) is 6.63.